The molecule has 9 heteroatoms. The van der Waals surface area contributed by atoms with Gasteiger partial charge in [-0.2, -0.15) is 12.7 Å². The fourth-order valence-corrected chi connectivity index (χ4v) is 4.14. The molecule has 118 valence electrons. The van der Waals surface area contributed by atoms with E-state index in [1.165, 1.54) is 4.31 Å². The highest BCUT2D eigenvalue weighted by Gasteiger charge is 2.34. The van der Waals surface area contributed by atoms with Gasteiger partial charge in [0.2, 0.25) is 10.0 Å². The van der Waals surface area contributed by atoms with Gasteiger partial charge in [0.05, 0.1) is 22.0 Å². The van der Waals surface area contributed by atoms with Crippen LogP contribution in [-0.4, -0.2) is 46.4 Å². The van der Waals surface area contributed by atoms with Gasteiger partial charge < -0.3 is 4.74 Å². The molecular weight excluding hydrogens is 321 g/mol. The Kier molecular flexibility index (Phi) is 4.13. The normalized spacial score (nSPS) is 20.3. The molecule has 1 heterocycles. The fraction of sp³-hybridized carbons (Fsp3) is 0.500. The summed E-state index contributed by atoms with van der Waals surface area (Å²) >= 11 is 0. The fourth-order valence-electron chi connectivity index (χ4n) is 2.10. The van der Waals surface area contributed by atoms with Gasteiger partial charge in [0.25, 0.3) is 0 Å². The van der Waals surface area contributed by atoms with Crippen LogP contribution in [0.4, 0.5) is 3.89 Å². The Bertz CT molecular complexity index is 725. The number of hydrogen-bond donors (Lipinski definition) is 0. The molecule has 2 rings (SSSR count). The first kappa shape index (κ1) is 16.3. The maximum atomic E-state index is 12.8. The van der Waals surface area contributed by atoms with Gasteiger partial charge in [0.1, 0.15) is 0 Å². The van der Waals surface area contributed by atoms with Crippen molar-refractivity contribution in [3.63, 3.8) is 0 Å². The standard InChI is InChI=1S/C12H16FNO5S2/c1-12(2)9-14(7-8-19-12)21(17,18)11-5-3-10(4-6-11)20(13,15)16/h3-6H,7-9H2,1-2H3. The summed E-state index contributed by atoms with van der Waals surface area (Å²) in [5.41, 5.74) is -0.590. The topological polar surface area (TPSA) is 80.8 Å². The molecule has 1 aromatic rings. The lowest BCUT2D eigenvalue weighted by Gasteiger charge is -2.37. The van der Waals surface area contributed by atoms with E-state index < -0.39 is 30.7 Å². The molecule has 0 unspecified atom stereocenters. The van der Waals surface area contributed by atoms with Gasteiger partial charge in [-0.15, -0.1) is 3.89 Å². The van der Waals surface area contributed by atoms with Crippen LogP contribution >= 0.6 is 0 Å². The summed E-state index contributed by atoms with van der Waals surface area (Å²) in [6, 6.07) is 4.05. The minimum atomic E-state index is -4.84. The molecular formula is C12H16FNO5S2. The van der Waals surface area contributed by atoms with E-state index in [0.29, 0.717) is 0 Å². The third-order valence-electron chi connectivity index (χ3n) is 3.13. The second-order valence-corrected chi connectivity index (χ2v) is 8.64. The van der Waals surface area contributed by atoms with Crippen molar-refractivity contribution in [2.75, 3.05) is 19.7 Å². The Morgan fingerprint density at radius 1 is 1.10 bits per heavy atom. The van der Waals surface area contributed by atoms with Gasteiger partial charge in [0, 0.05) is 13.1 Å². The summed E-state index contributed by atoms with van der Waals surface area (Å²) in [5.74, 6) is 0. The molecule has 0 aromatic heterocycles. The van der Waals surface area contributed by atoms with Crippen molar-refractivity contribution in [3.8, 4) is 0 Å². The van der Waals surface area contributed by atoms with Crippen molar-refractivity contribution in [2.45, 2.75) is 29.2 Å². The van der Waals surface area contributed by atoms with Crippen LogP contribution < -0.4 is 0 Å². The highest BCUT2D eigenvalue weighted by Crippen LogP contribution is 2.24. The van der Waals surface area contributed by atoms with E-state index in [4.69, 9.17) is 4.74 Å². The maximum Gasteiger partial charge on any atom is 0.332 e. The molecule has 1 aliphatic rings. The van der Waals surface area contributed by atoms with Gasteiger partial charge in [0.15, 0.2) is 0 Å². The van der Waals surface area contributed by atoms with Crippen LogP contribution in [0, 0.1) is 0 Å². The van der Waals surface area contributed by atoms with Crippen molar-refractivity contribution >= 4 is 20.2 Å². The molecule has 6 nitrogen and oxygen atoms in total. The monoisotopic (exact) mass is 337 g/mol. The summed E-state index contributed by atoms with van der Waals surface area (Å²) in [6.07, 6.45) is 0. The van der Waals surface area contributed by atoms with Crippen LogP contribution in [0.5, 0.6) is 0 Å². The van der Waals surface area contributed by atoms with E-state index in [1.807, 2.05) is 0 Å². The van der Waals surface area contributed by atoms with Gasteiger partial charge >= 0.3 is 10.2 Å². The number of sulfonamides is 1. The molecule has 21 heavy (non-hydrogen) atoms. The van der Waals surface area contributed by atoms with E-state index in [-0.39, 0.29) is 24.6 Å². The number of rotatable bonds is 3. The molecule has 0 amide bonds. The van der Waals surface area contributed by atoms with Crippen molar-refractivity contribution in [1.82, 2.24) is 4.31 Å². The first-order chi connectivity index (χ1) is 9.52. The minimum Gasteiger partial charge on any atom is -0.373 e. The van der Waals surface area contributed by atoms with Gasteiger partial charge in [-0.3, -0.25) is 0 Å². The predicted molar refractivity (Wildman–Crippen MR) is 73.5 cm³/mol. The predicted octanol–water partition coefficient (Wildman–Crippen LogP) is 1.14. The molecule has 1 aromatic carbocycles. The molecule has 0 atom stereocenters. The van der Waals surface area contributed by atoms with Crippen LogP contribution in [0.25, 0.3) is 0 Å². The van der Waals surface area contributed by atoms with E-state index in [0.717, 1.165) is 24.3 Å². The Morgan fingerprint density at radius 3 is 2.10 bits per heavy atom. The molecule has 0 spiro atoms. The average Bonchev–Trinajstić information content (AvgIpc) is 2.36. The van der Waals surface area contributed by atoms with E-state index in [1.54, 1.807) is 13.8 Å². The largest absolute Gasteiger partial charge is 0.373 e. The molecule has 0 bridgehead atoms. The van der Waals surface area contributed by atoms with E-state index in [2.05, 4.69) is 0 Å². The summed E-state index contributed by atoms with van der Waals surface area (Å²) < 4.78 is 65.9. The van der Waals surface area contributed by atoms with Crippen LogP contribution in [-0.2, 0) is 25.0 Å². The molecule has 1 fully saturated rings. The van der Waals surface area contributed by atoms with Crippen molar-refractivity contribution in [3.05, 3.63) is 24.3 Å². The third kappa shape index (κ3) is 3.60. The van der Waals surface area contributed by atoms with Crippen LogP contribution in [0.15, 0.2) is 34.1 Å². The number of ether oxygens (including phenoxy) is 1. The zero-order valence-electron chi connectivity index (χ0n) is 11.6. The zero-order chi connectivity index (χ0) is 15.9. The average molecular weight is 337 g/mol. The van der Waals surface area contributed by atoms with Gasteiger partial charge in [-0.05, 0) is 38.1 Å². The Hall–Kier alpha value is -1.03. The maximum absolute atomic E-state index is 12.8. The van der Waals surface area contributed by atoms with Gasteiger partial charge in [-0.25, -0.2) is 8.42 Å². The van der Waals surface area contributed by atoms with Crippen LogP contribution in [0.1, 0.15) is 13.8 Å². The Morgan fingerprint density at radius 2 is 1.62 bits per heavy atom. The second-order valence-electron chi connectivity index (χ2n) is 5.36. The first-order valence-corrected chi connectivity index (χ1v) is 9.04. The number of nitrogens with zero attached hydrogens (tertiary/aromatic N) is 1. The number of benzene rings is 1. The lowest BCUT2D eigenvalue weighted by atomic mass is 10.1. The van der Waals surface area contributed by atoms with Crippen molar-refractivity contribution in [2.24, 2.45) is 0 Å². The highest BCUT2D eigenvalue weighted by molar-refractivity contribution is 7.89. The van der Waals surface area contributed by atoms with E-state index >= 15 is 0 Å². The minimum absolute atomic E-state index is 0.0763. The molecule has 0 saturated carbocycles. The second kappa shape index (κ2) is 5.31. The summed E-state index contributed by atoms with van der Waals surface area (Å²) in [5, 5.41) is 0. The quantitative estimate of drug-likeness (QED) is 0.773. The zero-order valence-corrected chi connectivity index (χ0v) is 13.2. The molecule has 0 radical (unpaired) electrons. The Labute approximate surface area is 123 Å². The molecule has 1 saturated heterocycles. The smallest absolute Gasteiger partial charge is 0.332 e. The van der Waals surface area contributed by atoms with Crippen LogP contribution in [0.2, 0.25) is 0 Å². The van der Waals surface area contributed by atoms with Gasteiger partial charge in [-0.1, -0.05) is 0 Å². The number of morpholine rings is 1. The van der Waals surface area contributed by atoms with Crippen LogP contribution in [0.3, 0.4) is 0 Å². The SMILES string of the molecule is CC1(C)CN(S(=O)(=O)c2ccc(S(=O)(=O)F)cc2)CCO1. The molecule has 0 aliphatic carbocycles. The summed E-state index contributed by atoms with van der Waals surface area (Å²) in [7, 11) is -8.60. The lowest BCUT2D eigenvalue weighted by Crippen LogP contribution is -2.50. The van der Waals surface area contributed by atoms with E-state index in [9.17, 15) is 20.7 Å². The van der Waals surface area contributed by atoms with Crippen molar-refractivity contribution < 1.29 is 25.5 Å². The summed E-state index contributed by atoms with van der Waals surface area (Å²) in [6.45, 7) is 4.26. The van der Waals surface area contributed by atoms with Crippen molar-refractivity contribution in [1.29, 1.82) is 0 Å². The molecule has 0 N–H and O–H groups in total. The lowest BCUT2D eigenvalue weighted by molar-refractivity contribution is -0.0640. The number of hydrogen-bond acceptors (Lipinski definition) is 5. The first-order valence-electron chi connectivity index (χ1n) is 6.21. The number of halogens is 1. The third-order valence-corrected chi connectivity index (χ3v) is 5.83. The Balaban J connectivity index is 2.32. The highest BCUT2D eigenvalue weighted by atomic mass is 32.3. The molecule has 1 aliphatic heterocycles. The summed E-state index contributed by atoms with van der Waals surface area (Å²) in [4.78, 5) is -0.642.